The first-order chi connectivity index (χ1) is 10.5. The van der Waals surface area contributed by atoms with Gasteiger partial charge in [-0.25, -0.2) is 4.39 Å². The number of carbonyl (C=O) groups is 2. The zero-order chi connectivity index (χ0) is 16.1. The summed E-state index contributed by atoms with van der Waals surface area (Å²) in [6.07, 6.45) is -0.0412. The summed E-state index contributed by atoms with van der Waals surface area (Å²) in [5.41, 5.74) is 1.78. The molecule has 0 N–H and O–H groups in total. The molecule has 0 aromatic heterocycles. The van der Waals surface area contributed by atoms with E-state index >= 15 is 0 Å². The number of hydrogen-bond donors (Lipinski definition) is 0. The lowest BCUT2D eigenvalue weighted by molar-refractivity contribution is -0.144. The lowest BCUT2D eigenvalue weighted by atomic mass is 10.1. The molecule has 0 fully saturated rings. The van der Waals surface area contributed by atoms with E-state index in [4.69, 9.17) is 16.3 Å². The monoisotopic (exact) mass is 320 g/mol. The van der Waals surface area contributed by atoms with Crippen molar-refractivity contribution < 1.29 is 18.7 Å². The van der Waals surface area contributed by atoms with Crippen molar-refractivity contribution in [1.29, 1.82) is 0 Å². The van der Waals surface area contributed by atoms with Crippen LogP contribution in [0.5, 0.6) is 0 Å². The number of esters is 1. The van der Waals surface area contributed by atoms with Crippen molar-refractivity contribution in [3.8, 4) is 0 Å². The van der Waals surface area contributed by atoms with Gasteiger partial charge in [-0.2, -0.15) is 0 Å². The summed E-state index contributed by atoms with van der Waals surface area (Å²) in [5, 5.41) is 0.0122. The lowest BCUT2D eigenvalue weighted by Gasteiger charge is -2.06. The van der Waals surface area contributed by atoms with E-state index in [-0.39, 0.29) is 23.8 Å². The van der Waals surface area contributed by atoms with Crippen molar-refractivity contribution in [1.82, 2.24) is 0 Å². The van der Waals surface area contributed by atoms with Gasteiger partial charge in [0.15, 0.2) is 5.78 Å². The van der Waals surface area contributed by atoms with Crippen LogP contribution in [-0.4, -0.2) is 11.8 Å². The van der Waals surface area contributed by atoms with Crippen molar-refractivity contribution in [2.45, 2.75) is 20.0 Å². The second-order valence-electron chi connectivity index (χ2n) is 4.84. The van der Waals surface area contributed by atoms with Crippen LogP contribution in [0.15, 0.2) is 42.5 Å². The Morgan fingerprint density at radius 2 is 1.91 bits per heavy atom. The van der Waals surface area contributed by atoms with Crippen molar-refractivity contribution in [3.05, 3.63) is 70.0 Å². The third-order valence-corrected chi connectivity index (χ3v) is 3.37. The van der Waals surface area contributed by atoms with E-state index in [0.29, 0.717) is 11.1 Å². The van der Waals surface area contributed by atoms with Gasteiger partial charge in [-0.15, -0.1) is 0 Å². The number of carbonyl (C=O) groups excluding carboxylic acids is 2. The summed E-state index contributed by atoms with van der Waals surface area (Å²) < 4.78 is 18.4. The Kier molecular flexibility index (Phi) is 5.28. The highest BCUT2D eigenvalue weighted by atomic mass is 35.5. The van der Waals surface area contributed by atoms with Gasteiger partial charge in [-0.05, 0) is 36.2 Å². The molecule has 0 heterocycles. The molecule has 0 aliphatic rings. The van der Waals surface area contributed by atoms with Crippen LogP contribution in [0, 0.1) is 5.82 Å². The zero-order valence-corrected chi connectivity index (χ0v) is 12.7. The highest BCUT2D eigenvalue weighted by Gasteiger charge is 2.08. The van der Waals surface area contributed by atoms with Gasteiger partial charge < -0.3 is 4.74 Å². The third-order valence-electron chi connectivity index (χ3n) is 3.07. The van der Waals surface area contributed by atoms with Crippen LogP contribution < -0.4 is 0 Å². The molecule has 22 heavy (non-hydrogen) atoms. The fourth-order valence-corrected chi connectivity index (χ4v) is 2.03. The first kappa shape index (κ1) is 16.2. The molecule has 0 saturated carbocycles. The van der Waals surface area contributed by atoms with Crippen LogP contribution in [-0.2, 0) is 22.6 Å². The van der Waals surface area contributed by atoms with Crippen molar-refractivity contribution in [2.75, 3.05) is 0 Å². The Labute approximate surface area is 132 Å². The Morgan fingerprint density at radius 3 is 2.59 bits per heavy atom. The fraction of sp³-hybridized carbons (Fsp3) is 0.176. The average molecular weight is 321 g/mol. The number of benzene rings is 2. The summed E-state index contributed by atoms with van der Waals surface area (Å²) in [7, 11) is 0. The van der Waals surface area contributed by atoms with Gasteiger partial charge in [-0.3, -0.25) is 9.59 Å². The molecule has 0 bridgehead atoms. The Morgan fingerprint density at radius 1 is 1.14 bits per heavy atom. The minimum Gasteiger partial charge on any atom is -0.461 e. The number of hydrogen-bond acceptors (Lipinski definition) is 3. The van der Waals surface area contributed by atoms with E-state index in [9.17, 15) is 14.0 Å². The van der Waals surface area contributed by atoms with Crippen LogP contribution in [0.1, 0.15) is 28.4 Å². The van der Waals surface area contributed by atoms with Gasteiger partial charge in [0.2, 0.25) is 0 Å². The van der Waals surface area contributed by atoms with Gasteiger partial charge in [-0.1, -0.05) is 35.9 Å². The molecule has 0 radical (unpaired) electrons. The molecule has 2 aromatic carbocycles. The average Bonchev–Trinajstić information content (AvgIpc) is 2.49. The van der Waals surface area contributed by atoms with E-state index in [0.717, 1.165) is 5.56 Å². The van der Waals surface area contributed by atoms with Gasteiger partial charge in [0.1, 0.15) is 12.4 Å². The quantitative estimate of drug-likeness (QED) is 0.618. The van der Waals surface area contributed by atoms with Gasteiger partial charge in [0.05, 0.1) is 11.4 Å². The summed E-state index contributed by atoms with van der Waals surface area (Å²) in [4.78, 5) is 23.0. The Hall–Kier alpha value is -2.20. The smallest absolute Gasteiger partial charge is 0.310 e. The minimum atomic E-state index is -0.568. The first-order valence-electron chi connectivity index (χ1n) is 6.65. The molecule has 3 nitrogen and oxygen atoms in total. The lowest BCUT2D eigenvalue weighted by Crippen LogP contribution is -2.08. The number of halogens is 2. The number of Topliss-reactive ketones (excluding diaryl/α,β-unsaturated/α-hetero) is 1. The van der Waals surface area contributed by atoms with Crippen molar-refractivity contribution in [3.63, 3.8) is 0 Å². The Balaban J connectivity index is 1.94. The maximum atomic E-state index is 13.3. The summed E-state index contributed by atoms with van der Waals surface area (Å²) in [6, 6.07) is 11.1. The van der Waals surface area contributed by atoms with E-state index < -0.39 is 11.8 Å². The van der Waals surface area contributed by atoms with Crippen LogP contribution >= 0.6 is 11.6 Å². The molecular weight excluding hydrogens is 307 g/mol. The van der Waals surface area contributed by atoms with E-state index in [1.807, 2.05) is 0 Å². The summed E-state index contributed by atoms with van der Waals surface area (Å²) in [5.74, 6) is -1.10. The molecule has 0 amide bonds. The predicted octanol–water partition coefficient (Wildman–Crippen LogP) is 3.97. The maximum Gasteiger partial charge on any atom is 0.310 e. The first-order valence-corrected chi connectivity index (χ1v) is 7.03. The van der Waals surface area contributed by atoms with Crippen LogP contribution in [0.25, 0.3) is 0 Å². The maximum absolute atomic E-state index is 13.3. The Bertz CT molecular complexity index is 713. The van der Waals surface area contributed by atoms with Crippen LogP contribution in [0.2, 0.25) is 5.02 Å². The van der Waals surface area contributed by atoms with Crippen LogP contribution in [0.3, 0.4) is 0 Å². The third kappa shape index (κ3) is 4.40. The predicted molar refractivity (Wildman–Crippen MR) is 81.4 cm³/mol. The fourth-order valence-electron chi connectivity index (χ4n) is 1.91. The number of rotatable bonds is 5. The molecule has 0 spiro atoms. The van der Waals surface area contributed by atoms with Gasteiger partial charge in [0.25, 0.3) is 0 Å². The molecule has 5 heteroatoms. The molecule has 2 aromatic rings. The normalized spacial score (nSPS) is 10.3. The van der Waals surface area contributed by atoms with Gasteiger partial charge >= 0.3 is 5.97 Å². The SMILES string of the molecule is CC(=O)c1cccc(COC(=O)Cc2ccc(Cl)c(F)c2)c1. The molecule has 0 atom stereocenters. The van der Waals surface area contributed by atoms with E-state index in [2.05, 4.69) is 0 Å². The standard InChI is InChI=1S/C17H14ClFO3/c1-11(20)14-4-2-3-13(7-14)10-22-17(21)9-12-5-6-15(18)16(19)8-12/h2-8H,9-10H2,1H3. The second-order valence-corrected chi connectivity index (χ2v) is 5.25. The highest BCUT2D eigenvalue weighted by molar-refractivity contribution is 6.30. The van der Waals surface area contributed by atoms with Crippen LogP contribution in [0.4, 0.5) is 4.39 Å². The second kappa shape index (κ2) is 7.18. The summed E-state index contributed by atoms with van der Waals surface area (Å²) >= 11 is 5.58. The minimum absolute atomic E-state index is 0.0122. The molecule has 0 saturated heterocycles. The van der Waals surface area contributed by atoms with Gasteiger partial charge in [0, 0.05) is 5.56 Å². The molecule has 114 valence electrons. The molecule has 0 unspecified atom stereocenters. The highest BCUT2D eigenvalue weighted by Crippen LogP contribution is 2.16. The largest absolute Gasteiger partial charge is 0.461 e. The molecule has 0 aliphatic heterocycles. The van der Waals surface area contributed by atoms with E-state index in [1.165, 1.54) is 19.1 Å². The van der Waals surface area contributed by atoms with Crippen molar-refractivity contribution >= 4 is 23.4 Å². The van der Waals surface area contributed by atoms with E-state index in [1.54, 1.807) is 30.3 Å². The summed E-state index contributed by atoms with van der Waals surface area (Å²) in [6.45, 7) is 1.54. The topological polar surface area (TPSA) is 43.4 Å². The number of ketones is 1. The van der Waals surface area contributed by atoms with Crippen molar-refractivity contribution in [2.24, 2.45) is 0 Å². The molecule has 2 rings (SSSR count). The zero-order valence-electron chi connectivity index (χ0n) is 11.9. The molecule has 0 aliphatic carbocycles. The number of ether oxygens (including phenoxy) is 1. The molecular formula is C17H14ClFO3.